The average molecular weight is 440 g/mol. The summed E-state index contributed by atoms with van der Waals surface area (Å²) < 4.78 is 5.45. The second kappa shape index (κ2) is 9.20. The number of carbonyl (C=O) groups is 2. The van der Waals surface area contributed by atoms with Crippen molar-refractivity contribution in [3.05, 3.63) is 90.6 Å². The molecule has 4 aromatic rings. The number of nitrogens with zero attached hydrogens (tertiary/aromatic N) is 1. The highest BCUT2D eigenvalue weighted by molar-refractivity contribution is 5.97. The number of ether oxygens (including phenoxy) is 1. The highest BCUT2D eigenvalue weighted by Crippen LogP contribution is 2.27. The number of H-pyrrole nitrogens is 1. The molecule has 5 rings (SSSR count). The third-order valence-electron chi connectivity index (χ3n) is 6.01. The molecule has 6 nitrogen and oxygen atoms in total. The van der Waals surface area contributed by atoms with E-state index in [0.29, 0.717) is 18.7 Å². The van der Waals surface area contributed by atoms with Crippen LogP contribution >= 0.6 is 0 Å². The molecule has 3 aromatic carbocycles. The number of nitrogens with one attached hydrogen (secondary N) is 2. The summed E-state index contributed by atoms with van der Waals surface area (Å²) in [7, 11) is 0. The molecule has 2 amide bonds. The number of amides is 2. The zero-order valence-electron chi connectivity index (χ0n) is 18.2. The first-order valence-corrected chi connectivity index (χ1v) is 11.1. The number of likely N-dealkylation sites (tertiary alicyclic amines) is 1. The molecule has 0 radical (unpaired) electrons. The van der Waals surface area contributed by atoms with Gasteiger partial charge in [-0.25, -0.2) is 4.79 Å². The molecule has 166 valence electrons. The van der Waals surface area contributed by atoms with Crippen LogP contribution in [0.2, 0.25) is 0 Å². The topological polar surface area (TPSA) is 74.4 Å². The molecule has 0 spiro atoms. The molecule has 1 aromatic heterocycles. The van der Waals surface area contributed by atoms with Crippen LogP contribution in [-0.2, 0) is 16.1 Å². The molecule has 0 unspecified atom stereocenters. The van der Waals surface area contributed by atoms with E-state index in [4.69, 9.17) is 4.74 Å². The van der Waals surface area contributed by atoms with Crippen molar-refractivity contribution in [2.45, 2.75) is 25.5 Å². The van der Waals surface area contributed by atoms with Gasteiger partial charge in [0.15, 0.2) is 0 Å². The van der Waals surface area contributed by atoms with E-state index in [0.717, 1.165) is 34.0 Å². The second-order valence-electron chi connectivity index (χ2n) is 8.24. The van der Waals surface area contributed by atoms with E-state index in [-0.39, 0.29) is 12.5 Å². The van der Waals surface area contributed by atoms with Crippen molar-refractivity contribution in [3.8, 4) is 11.1 Å². The standard InChI is InChI=1S/C27H25N3O3/c31-26(25-10-5-15-30(25)27(32)33-18-19-6-2-1-3-7-19)29-23-9-4-8-20(17-23)21-11-12-24-22(16-21)13-14-28-24/h1-4,6-9,11-14,16-17,25,28H,5,10,15,18H2,(H,29,31)/t25-/m0/s1. The average Bonchev–Trinajstić information content (AvgIpc) is 3.53. The molecule has 2 N–H and O–H groups in total. The van der Waals surface area contributed by atoms with Gasteiger partial charge in [-0.05, 0) is 65.3 Å². The van der Waals surface area contributed by atoms with E-state index in [9.17, 15) is 9.59 Å². The third kappa shape index (κ3) is 4.60. The van der Waals surface area contributed by atoms with Gasteiger partial charge in [-0.2, -0.15) is 0 Å². The van der Waals surface area contributed by atoms with Crippen LogP contribution in [0.25, 0.3) is 22.0 Å². The van der Waals surface area contributed by atoms with E-state index >= 15 is 0 Å². The zero-order chi connectivity index (χ0) is 22.6. The van der Waals surface area contributed by atoms with Gasteiger partial charge in [0, 0.05) is 23.9 Å². The Morgan fingerprint density at radius 3 is 2.70 bits per heavy atom. The minimum Gasteiger partial charge on any atom is -0.445 e. The van der Waals surface area contributed by atoms with E-state index < -0.39 is 12.1 Å². The first-order chi connectivity index (χ1) is 16.2. The fraction of sp³-hybridized carbons (Fsp3) is 0.185. The molecule has 1 aliphatic heterocycles. The van der Waals surface area contributed by atoms with Crippen LogP contribution in [0.3, 0.4) is 0 Å². The zero-order valence-corrected chi connectivity index (χ0v) is 18.2. The van der Waals surface area contributed by atoms with Gasteiger partial charge in [-0.1, -0.05) is 48.5 Å². The van der Waals surface area contributed by atoms with E-state index in [1.165, 1.54) is 4.90 Å². The number of hydrogen-bond acceptors (Lipinski definition) is 3. The normalized spacial score (nSPS) is 15.5. The molecule has 6 heteroatoms. The number of aromatic amines is 1. The number of rotatable bonds is 5. The van der Waals surface area contributed by atoms with Gasteiger partial charge in [0.25, 0.3) is 0 Å². The minimum atomic E-state index is -0.534. The molecule has 1 fully saturated rings. The van der Waals surface area contributed by atoms with Crippen LogP contribution in [0.15, 0.2) is 85.1 Å². The molecule has 1 saturated heterocycles. The lowest BCUT2D eigenvalue weighted by molar-refractivity contribution is -0.120. The second-order valence-corrected chi connectivity index (χ2v) is 8.24. The summed E-state index contributed by atoms with van der Waals surface area (Å²) in [6, 6.07) is 25.0. The number of carbonyl (C=O) groups excluding carboxylic acids is 2. The van der Waals surface area contributed by atoms with Gasteiger partial charge in [-0.15, -0.1) is 0 Å². The molecule has 0 bridgehead atoms. The molecule has 1 atom stereocenters. The van der Waals surface area contributed by atoms with Crippen LogP contribution in [0.5, 0.6) is 0 Å². The Kier molecular flexibility index (Phi) is 5.81. The number of benzene rings is 3. The Labute approximate surface area is 192 Å². The molecular weight excluding hydrogens is 414 g/mol. The first kappa shape index (κ1) is 20.8. The quantitative estimate of drug-likeness (QED) is 0.427. The number of fused-ring (bicyclic) bond motifs is 1. The van der Waals surface area contributed by atoms with Crippen molar-refractivity contribution >= 4 is 28.6 Å². The maximum atomic E-state index is 13.0. The van der Waals surface area contributed by atoms with Crippen molar-refractivity contribution in [2.75, 3.05) is 11.9 Å². The van der Waals surface area contributed by atoms with E-state index in [1.807, 2.05) is 72.9 Å². The minimum absolute atomic E-state index is 0.192. The lowest BCUT2D eigenvalue weighted by Crippen LogP contribution is -2.43. The van der Waals surface area contributed by atoms with Gasteiger partial charge in [0.2, 0.25) is 5.91 Å². The first-order valence-electron chi connectivity index (χ1n) is 11.1. The van der Waals surface area contributed by atoms with Crippen LogP contribution in [0.1, 0.15) is 18.4 Å². The van der Waals surface area contributed by atoms with Crippen molar-refractivity contribution in [1.29, 1.82) is 0 Å². The predicted octanol–water partition coefficient (Wildman–Crippen LogP) is 5.57. The lowest BCUT2D eigenvalue weighted by atomic mass is 10.0. The summed E-state index contributed by atoms with van der Waals surface area (Å²) in [5.41, 5.74) is 4.80. The molecule has 0 aliphatic carbocycles. The molecule has 2 heterocycles. The Balaban J connectivity index is 1.25. The van der Waals surface area contributed by atoms with Crippen LogP contribution in [0, 0.1) is 0 Å². The Hall–Kier alpha value is -4.06. The molecule has 0 saturated carbocycles. The van der Waals surface area contributed by atoms with Gasteiger partial charge in [-0.3, -0.25) is 9.69 Å². The van der Waals surface area contributed by atoms with Crippen LogP contribution in [0.4, 0.5) is 10.5 Å². The third-order valence-corrected chi connectivity index (χ3v) is 6.01. The lowest BCUT2D eigenvalue weighted by Gasteiger charge is -2.23. The number of anilines is 1. The van der Waals surface area contributed by atoms with Crippen LogP contribution < -0.4 is 5.32 Å². The Bertz CT molecular complexity index is 1280. The molecule has 1 aliphatic rings. The maximum Gasteiger partial charge on any atom is 0.410 e. The summed E-state index contributed by atoms with van der Waals surface area (Å²) in [6.07, 6.45) is 2.86. The van der Waals surface area contributed by atoms with Gasteiger partial charge < -0.3 is 15.0 Å². The predicted molar refractivity (Wildman–Crippen MR) is 129 cm³/mol. The van der Waals surface area contributed by atoms with Gasteiger partial charge >= 0.3 is 6.09 Å². The van der Waals surface area contributed by atoms with Crippen LogP contribution in [-0.4, -0.2) is 34.5 Å². The summed E-state index contributed by atoms with van der Waals surface area (Å²) in [6.45, 7) is 0.709. The molecule has 33 heavy (non-hydrogen) atoms. The summed E-state index contributed by atoms with van der Waals surface area (Å²) >= 11 is 0. The Morgan fingerprint density at radius 1 is 0.970 bits per heavy atom. The van der Waals surface area contributed by atoms with Crippen molar-refractivity contribution in [1.82, 2.24) is 9.88 Å². The maximum absolute atomic E-state index is 13.0. The van der Waals surface area contributed by atoms with E-state index in [2.05, 4.69) is 22.4 Å². The fourth-order valence-corrected chi connectivity index (χ4v) is 4.29. The Morgan fingerprint density at radius 2 is 1.82 bits per heavy atom. The summed E-state index contributed by atoms with van der Waals surface area (Å²) in [4.78, 5) is 30.4. The number of aromatic nitrogens is 1. The summed E-state index contributed by atoms with van der Waals surface area (Å²) in [5, 5.41) is 4.13. The SMILES string of the molecule is O=C(Nc1cccc(-c2ccc3[nH]ccc3c2)c1)[C@@H]1CCCN1C(=O)OCc1ccccc1. The van der Waals surface area contributed by atoms with Gasteiger partial charge in [0.1, 0.15) is 12.6 Å². The smallest absolute Gasteiger partial charge is 0.410 e. The van der Waals surface area contributed by atoms with Crippen molar-refractivity contribution < 1.29 is 14.3 Å². The van der Waals surface area contributed by atoms with Crippen molar-refractivity contribution in [3.63, 3.8) is 0 Å². The molecular formula is C27H25N3O3. The van der Waals surface area contributed by atoms with Gasteiger partial charge in [0.05, 0.1) is 0 Å². The van der Waals surface area contributed by atoms with Crippen molar-refractivity contribution in [2.24, 2.45) is 0 Å². The summed E-state index contributed by atoms with van der Waals surface area (Å²) in [5.74, 6) is -0.192. The van der Waals surface area contributed by atoms with E-state index in [1.54, 1.807) is 0 Å². The monoisotopic (exact) mass is 439 g/mol. The highest BCUT2D eigenvalue weighted by atomic mass is 16.6. The fourth-order valence-electron chi connectivity index (χ4n) is 4.29. The number of hydrogen-bond donors (Lipinski definition) is 2. The highest BCUT2D eigenvalue weighted by Gasteiger charge is 2.35. The largest absolute Gasteiger partial charge is 0.445 e.